The standard InChI is InChI=1S/C22H20NOP/c24-25(21-15-6-2-7-16-21,22-17-8-3-9-18-22)23-19-11-10-14-20-12-4-1-5-13-20/h1-10,12-19H,11H2/b14-10+,23-19?. The van der Waals surface area contributed by atoms with Gasteiger partial charge in [0.05, 0.1) is 0 Å². The monoisotopic (exact) mass is 345 g/mol. The molecule has 0 N–H and O–H groups in total. The second-order valence-electron chi connectivity index (χ2n) is 5.59. The Morgan fingerprint density at radius 1 is 0.720 bits per heavy atom. The molecule has 0 radical (unpaired) electrons. The van der Waals surface area contributed by atoms with Crippen LogP contribution in [0.4, 0.5) is 0 Å². The summed E-state index contributed by atoms with van der Waals surface area (Å²) in [6.07, 6.45) is 6.46. The summed E-state index contributed by atoms with van der Waals surface area (Å²) in [4.78, 5) is 0. The average Bonchev–Trinajstić information content (AvgIpc) is 2.70. The lowest BCUT2D eigenvalue weighted by molar-refractivity contribution is 0.588. The van der Waals surface area contributed by atoms with Gasteiger partial charge < -0.3 is 0 Å². The molecule has 3 heteroatoms. The van der Waals surface area contributed by atoms with Crippen LogP contribution in [0, 0.1) is 0 Å². The van der Waals surface area contributed by atoms with Crippen LogP contribution in [-0.2, 0) is 4.57 Å². The van der Waals surface area contributed by atoms with Gasteiger partial charge in [-0.05, 0) is 29.8 Å². The first-order valence-corrected chi connectivity index (χ1v) is 9.92. The summed E-state index contributed by atoms with van der Waals surface area (Å²) in [5, 5.41) is 1.51. The van der Waals surface area contributed by atoms with Gasteiger partial charge in [0.15, 0.2) is 0 Å². The maximum atomic E-state index is 13.6. The van der Waals surface area contributed by atoms with Crippen LogP contribution in [0.25, 0.3) is 6.08 Å². The van der Waals surface area contributed by atoms with Gasteiger partial charge in [-0.1, -0.05) is 78.9 Å². The molecule has 3 rings (SSSR count). The Morgan fingerprint density at radius 2 is 1.20 bits per heavy atom. The largest absolute Gasteiger partial charge is 0.288 e. The van der Waals surface area contributed by atoms with E-state index in [0.29, 0.717) is 6.42 Å². The van der Waals surface area contributed by atoms with Crippen molar-refractivity contribution in [3.63, 3.8) is 0 Å². The van der Waals surface area contributed by atoms with E-state index < -0.39 is 7.29 Å². The molecule has 0 fully saturated rings. The molecule has 0 amide bonds. The highest BCUT2D eigenvalue weighted by Crippen LogP contribution is 2.44. The molecule has 0 aliphatic carbocycles. The zero-order chi connectivity index (χ0) is 17.4. The van der Waals surface area contributed by atoms with Gasteiger partial charge in [-0.15, -0.1) is 0 Å². The molecule has 25 heavy (non-hydrogen) atoms. The van der Waals surface area contributed by atoms with Crippen LogP contribution < -0.4 is 10.6 Å². The number of allylic oxidation sites excluding steroid dienone is 1. The van der Waals surface area contributed by atoms with Crippen molar-refractivity contribution in [1.29, 1.82) is 0 Å². The van der Waals surface area contributed by atoms with Crippen molar-refractivity contribution >= 4 is 30.2 Å². The molecule has 0 saturated heterocycles. The predicted octanol–water partition coefficient (Wildman–Crippen LogP) is 5.09. The SMILES string of the molecule is O=P(N=CC/C=C/c1ccccc1)(c1ccccc1)c1ccccc1. The van der Waals surface area contributed by atoms with Crippen LogP contribution in [0.3, 0.4) is 0 Å². The summed E-state index contributed by atoms with van der Waals surface area (Å²) in [5.74, 6) is 0. The smallest absolute Gasteiger partial charge is 0.247 e. The van der Waals surface area contributed by atoms with Crippen LogP contribution in [0.5, 0.6) is 0 Å². The number of hydrogen-bond acceptors (Lipinski definition) is 1. The highest BCUT2D eigenvalue weighted by molar-refractivity contribution is 7.77. The first-order valence-electron chi connectivity index (χ1n) is 8.26. The van der Waals surface area contributed by atoms with Gasteiger partial charge in [0.2, 0.25) is 7.29 Å². The molecule has 0 bridgehead atoms. The molecular formula is C22H20NOP. The molecule has 0 atom stereocenters. The van der Waals surface area contributed by atoms with E-state index in [1.807, 2.05) is 103 Å². The van der Waals surface area contributed by atoms with Crippen molar-refractivity contribution in [3.05, 3.63) is 103 Å². The van der Waals surface area contributed by atoms with Crippen molar-refractivity contribution in [2.75, 3.05) is 0 Å². The first kappa shape index (κ1) is 17.1. The van der Waals surface area contributed by atoms with Crippen molar-refractivity contribution in [3.8, 4) is 0 Å². The molecule has 0 unspecified atom stereocenters. The fraction of sp³-hybridized carbons (Fsp3) is 0.0455. The van der Waals surface area contributed by atoms with Crippen molar-refractivity contribution < 1.29 is 4.57 Å². The maximum absolute atomic E-state index is 13.6. The summed E-state index contributed by atoms with van der Waals surface area (Å²) < 4.78 is 18.1. The second-order valence-corrected chi connectivity index (χ2v) is 8.01. The van der Waals surface area contributed by atoms with Crippen LogP contribution in [-0.4, -0.2) is 6.21 Å². The Balaban J connectivity index is 1.81. The van der Waals surface area contributed by atoms with Gasteiger partial charge in [0.1, 0.15) is 0 Å². The zero-order valence-corrected chi connectivity index (χ0v) is 14.8. The Labute approximate surface area is 149 Å². The van der Waals surface area contributed by atoms with E-state index >= 15 is 0 Å². The molecule has 0 aromatic heterocycles. The molecule has 0 heterocycles. The topological polar surface area (TPSA) is 29.4 Å². The minimum absolute atomic E-state index is 0.637. The maximum Gasteiger partial charge on any atom is 0.247 e. The van der Waals surface area contributed by atoms with Crippen LogP contribution in [0.2, 0.25) is 0 Å². The third-order valence-corrected chi connectivity index (χ3v) is 6.29. The molecule has 0 spiro atoms. The Morgan fingerprint density at radius 3 is 1.72 bits per heavy atom. The first-order chi connectivity index (χ1) is 12.3. The second kappa shape index (κ2) is 8.41. The van der Waals surface area contributed by atoms with E-state index in [9.17, 15) is 4.57 Å². The highest BCUT2D eigenvalue weighted by atomic mass is 31.2. The predicted molar refractivity (Wildman–Crippen MR) is 108 cm³/mol. The van der Waals surface area contributed by atoms with Gasteiger partial charge in [-0.3, -0.25) is 4.57 Å². The van der Waals surface area contributed by atoms with Gasteiger partial charge in [-0.25, -0.2) is 4.76 Å². The van der Waals surface area contributed by atoms with E-state index in [1.165, 1.54) is 0 Å². The van der Waals surface area contributed by atoms with Crippen molar-refractivity contribution in [2.45, 2.75) is 6.42 Å². The summed E-state index contributed by atoms with van der Waals surface area (Å²) in [7, 11) is -3.00. The van der Waals surface area contributed by atoms with Crippen LogP contribution in [0.1, 0.15) is 12.0 Å². The minimum atomic E-state index is -3.00. The highest BCUT2D eigenvalue weighted by Gasteiger charge is 2.25. The van der Waals surface area contributed by atoms with Gasteiger partial charge in [-0.2, -0.15) is 0 Å². The van der Waals surface area contributed by atoms with E-state index in [0.717, 1.165) is 16.2 Å². The Hall–Kier alpha value is -2.70. The minimum Gasteiger partial charge on any atom is -0.288 e. The number of hydrogen-bond donors (Lipinski definition) is 0. The van der Waals surface area contributed by atoms with Crippen molar-refractivity contribution in [1.82, 2.24) is 0 Å². The van der Waals surface area contributed by atoms with E-state index in [4.69, 9.17) is 0 Å². The molecule has 3 aromatic rings. The normalized spacial score (nSPS) is 12.0. The number of benzene rings is 3. The van der Waals surface area contributed by atoms with Gasteiger partial charge >= 0.3 is 0 Å². The molecule has 124 valence electrons. The van der Waals surface area contributed by atoms with E-state index in [1.54, 1.807) is 6.21 Å². The van der Waals surface area contributed by atoms with E-state index in [-0.39, 0.29) is 0 Å². The number of nitrogens with zero attached hydrogens (tertiary/aromatic N) is 1. The summed E-state index contributed by atoms with van der Waals surface area (Å²) >= 11 is 0. The van der Waals surface area contributed by atoms with Crippen LogP contribution in [0.15, 0.2) is 102 Å². The molecule has 0 aliphatic rings. The Bertz CT molecular complexity index is 844. The third-order valence-electron chi connectivity index (χ3n) is 3.81. The summed E-state index contributed by atoms with van der Waals surface area (Å²) in [6, 6.07) is 29.1. The van der Waals surface area contributed by atoms with Gasteiger partial charge in [0.25, 0.3) is 0 Å². The third kappa shape index (κ3) is 4.43. The molecule has 3 aromatic carbocycles. The number of rotatable bonds is 6. The lowest BCUT2D eigenvalue weighted by atomic mass is 10.2. The summed E-state index contributed by atoms with van der Waals surface area (Å²) in [6.45, 7) is 0. The average molecular weight is 345 g/mol. The zero-order valence-electron chi connectivity index (χ0n) is 13.9. The molecule has 0 aliphatic heterocycles. The van der Waals surface area contributed by atoms with Crippen molar-refractivity contribution in [2.24, 2.45) is 4.76 Å². The van der Waals surface area contributed by atoms with Crippen LogP contribution >= 0.6 is 7.29 Å². The summed E-state index contributed by atoms with van der Waals surface area (Å²) in [5.41, 5.74) is 1.14. The Kier molecular flexibility index (Phi) is 5.77. The molecule has 0 saturated carbocycles. The molecule has 2 nitrogen and oxygen atoms in total. The van der Waals surface area contributed by atoms with Gasteiger partial charge in [0, 0.05) is 23.2 Å². The fourth-order valence-electron chi connectivity index (χ4n) is 2.53. The fourth-order valence-corrected chi connectivity index (χ4v) is 4.58. The lowest BCUT2D eigenvalue weighted by Crippen LogP contribution is -2.14. The lowest BCUT2D eigenvalue weighted by Gasteiger charge is -2.14. The van der Waals surface area contributed by atoms with E-state index in [2.05, 4.69) is 4.76 Å². The molecular weight excluding hydrogens is 325 g/mol. The quantitative estimate of drug-likeness (QED) is 0.452.